The summed E-state index contributed by atoms with van der Waals surface area (Å²) in [4.78, 5) is 31.8. The van der Waals surface area contributed by atoms with E-state index in [1.807, 2.05) is 24.3 Å². The number of hydrogen-bond donors (Lipinski definition) is 1. The number of amides is 2. The zero-order valence-electron chi connectivity index (χ0n) is 16.1. The van der Waals surface area contributed by atoms with Crippen LogP contribution in [0.25, 0.3) is 5.57 Å². The van der Waals surface area contributed by atoms with Crippen molar-refractivity contribution in [1.29, 1.82) is 0 Å². The van der Waals surface area contributed by atoms with E-state index in [-0.39, 0.29) is 24.1 Å². The van der Waals surface area contributed by atoms with Gasteiger partial charge >= 0.3 is 0 Å². The number of rotatable bonds is 6. The van der Waals surface area contributed by atoms with Crippen LogP contribution in [-0.2, 0) is 16.1 Å². The number of carbonyl (C=O) groups is 2. The molecule has 0 fully saturated rings. The molecule has 3 aromatic rings. The summed E-state index contributed by atoms with van der Waals surface area (Å²) in [6, 6.07) is 18.1. The molecule has 2 aromatic carbocycles. The van der Waals surface area contributed by atoms with E-state index in [2.05, 4.69) is 26.2 Å². The van der Waals surface area contributed by atoms with Crippen molar-refractivity contribution in [3.05, 3.63) is 94.4 Å². The third-order valence-corrected chi connectivity index (χ3v) is 5.22. The summed E-state index contributed by atoms with van der Waals surface area (Å²) in [7, 11) is 1.58. The molecule has 150 valence electrons. The first-order valence-corrected chi connectivity index (χ1v) is 10.0. The molecular weight excluding hydrogens is 446 g/mol. The van der Waals surface area contributed by atoms with Gasteiger partial charge in [0.25, 0.3) is 11.8 Å². The van der Waals surface area contributed by atoms with Crippen molar-refractivity contribution < 1.29 is 14.3 Å². The van der Waals surface area contributed by atoms with Gasteiger partial charge in [0.2, 0.25) is 0 Å². The monoisotopic (exact) mass is 463 g/mol. The predicted octanol–water partition coefficient (Wildman–Crippen LogP) is 4.24. The molecule has 7 heteroatoms. The number of aromatic nitrogens is 1. The zero-order valence-corrected chi connectivity index (χ0v) is 17.7. The second-order valence-corrected chi connectivity index (χ2v) is 7.58. The second kappa shape index (κ2) is 8.51. The maximum absolute atomic E-state index is 13.3. The van der Waals surface area contributed by atoms with Crippen molar-refractivity contribution in [2.45, 2.75) is 6.54 Å². The summed E-state index contributed by atoms with van der Waals surface area (Å²) in [5.74, 6) is -0.0478. The molecule has 4 rings (SSSR count). The summed E-state index contributed by atoms with van der Waals surface area (Å²) in [5, 5.41) is 3.15. The predicted molar refractivity (Wildman–Crippen MR) is 117 cm³/mol. The van der Waals surface area contributed by atoms with Crippen LogP contribution in [0.5, 0.6) is 5.75 Å². The van der Waals surface area contributed by atoms with Crippen LogP contribution in [0.1, 0.15) is 11.1 Å². The van der Waals surface area contributed by atoms with Crippen LogP contribution in [0.3, 0.4) is 0 Å². The Hall–Kier alpha value is -3.45. The largest absolute Gasteiger partial charge is 0.497 e. The molecule has 0 unspecified atom stereocenters. The average Bonchev–Trinajstić information content (AvgIpc) is 2.99. The number of methoxy groups -OCH3 is 1. The van der Waals surface area contributed by atoms with E-state index >= 15 is 0 Å². The number of halogens is 1. The van der Waals surface area contributed by atoms with Gasteiger partial charge in [-0.25, -0.2) is 0 Å². The van der Waals surface area contributed by atoms with Gasteiger partial charge in [0.15, 0.2) is 0 Å². The lowest BCUT2D eigenvalue weighted by atomic mass is 10.0. The highest BCUT2D eigenvalue weighted by Crippen LogP contribution is 2.32. The third-order valence-electron chi connectivity index (χ3n) is 4.73. The number of ether oxygens (including phenoxy) is 1. The van der Waals surface area contributed by atoms with E-state index < -0.39 is 0 Å². The normalized spacial score (nSPS) is 13.7. The fourth-order valence-electron chi connectivity index (χ4n) is 3.24. The fourth-order valence-corrected chi connectivity index (χ4v) is 3.64. The van der Waals surface area contributed by atoms with Gasteiger partial charge in [-0.1, -0.05) is 34.1 Å². The Labute approximate surface area is 182 Å². The standard InChI is InChI=1S/C23H18BrN3O3/c1-30-19-7-5-16(6-8-19)20-21(26-18-4-2-3-17(24)13-18)23(29)27(22(20)28)14-15-9-11-25-12-10-15/h2-13,26H,14H2,1H3. The Balaban J connectivity index is 1.74. The van der Waals surface area contributed by atoms with Crippen molar-refractivity contribution in [3.8, 4) is 5.75 Å². The second-order valence-electron chi connectivity index (χ2n) is 6.67. The maximum Gasteiger partial charge on any atom is 0.278 e. The van der Waals surface area contributed by atoms with Crippen LogP contribution in [-0.4, -0.2) is 28.8 Å². The third kappa shape index (κ3) is 3.97. The van der Waals surface area contributed by atoms with E-state index in [1.54, 1.807) is 55.9 Å². The molecule has 0 saturated carbocycles. The smallest absolute Gasteiger partial charge is 0.278 e. The van der Waals surface area contributed by atoms with Gasteiger partial charge < -0.3 is 10.1 Å². The van der Waals surface area contributed by atoms with Crippen LogP contribution in [0, 0.1) is 0 Å². The molecule has 6 nitrogen and oxygen atoms in total. The summed E-state index contributed by atoms with van der Waals surface area (Å²) in [6.07, 6.45) is 3.28. The molecule has 0 spiro atoms. The first-order chi connectivity index (χ1) is 14.6. The molecule has 30 heavy (non-hydrogen) atoms. The number of pyridine rings is 1. The molecule has 0 radical (unpaired) electrons. The quantitative estimate of drug-likeness (QED) is 0.553. The van der Waals surface area contributed by atoms with Crippen molar-refractivity contribution in [2.75, 3.05) is 12.4 Å². The van der Waals surface area contributed by atoms with Gasteiger partial charge in [0.05, 0.1) is 19.2 Å². The molecule has 1 aliphatic rings. The molecule has 1 aromatic heterocycles. The van der Waals surface area contributed by atoms with Crippen molar-refractivity contribution in [3.63, 3.8) is 0 Å². The Morgan fingerprint density at radius 3 is 2.40 bits per heavy atom. The number of carbonyl (C=O) groups excluding carboxylic acids is 2. The van der Waals surface area contributed by atoms with Gasteiger partial charge in [-0.05, 0) is 53.6 Å². The van der Waals surface area contributed by atoms with Crippen molar-refractivity contribution >= 4 is 39.0 Å². The molecule has 1 aliphatic heterocycles. The molecule has 2 heterocycles. The summed E-state index contributed by atoms with van der Waals surface area (Å²) in [6.45, 7) is 0.170. The summed E-state index contributed by atoms with van der Waals surface area (Å²) < 4.78 is 6.08. The topological polar surface area (TPSA) is 71.5 Å². The number of nitrogens with zero attached hydrogens (tertiary/aromatic N) is 2. The van der Waals surface area contributed by atoms with E-state index in [1.165, 1.54) is 4.90 Å². The van der Waals surface area contributed by atoms with Gasteiger partial charge in [-0.15, -0.1) is 0 Å². The molecular formula is C23H18BrN3O3. The summed E-state index contributed by atoms with van der Waals surface area (Å²) in [5.41, 5.74) is 2.75. The molecule has 0 atom stereocenters. The van der Waals surface area contributed by atoms with Crippen molar-refractivity contribution in [2.24, 2.45) is 0 Å². The first kappa shape index (κ1) is 19.8. The Kier molecular flexibility index (Phi) is 5.63. The van der Waals surface area contributed by atoms with Crippen molar-refractivity contribution in [1.82, 2.24) is 9.88 Å². The Morgan fingerprint density at radius 2 is 1.73 bits per heavy atom. The minimum Gasteiger partial charge on any atom is -0.497 e. The van der Waals surface area contributed by atoms with Gasteiger partial charge in [0.1, 0.15) is 11.4 Å². The van der Waals surface area contributed by atoms with Crippen LogP contribution in [0.2, 0.25) is 0 Å². The lowest BCUT2D eigenvalue weighted by Crippen LogP contribution is -2.32. The fraction of sp³-hybridized carbons (Fsp3) is 0.0870. The Morgan fingerprint density at radius 1 is 1.00 bits per heavy atom. The highest BCUT2D eigenvalue weighted by atomic mass is 79.9. The molecule has 0 saturated heterocycles. The number of nitrogens with one attached hydrogen (secondary N) is 1. The zero-order chi connectivity index (χ0) is 21.1. The minimum absolute atomic E-state index is 0.170. The van der Waals surface area contributed by atoms with Crippen LogP contribution >= 0.6 is 15.9 Å². The van der Waals surface area contributed by atoms with Crippen LogP contribution in [0.15, 0.2) is 83.2 Å². The first-order valence-electron chi connectivity index (χ1n) is 9.23. The number of benzene rings is 2. The van der Waals surface area contributed by atoms with Gasteiger partial charge in [-0.3, -0.25) is 19.5 Å². The number of hydrogen-bond acceptors (Lipinski definition) is 5. The molecule has 0 aliphatic carbocycles. The van der Waals surface area contributed by atoms with Crippen LogP contribution < -0.4 is 10.1 Å². The van der Waals surface area contributed by atoms with E-state index in [0.717, 1.165) is 10.0 Å². The maximum atomic E-state index is 13.3. The number of imide groups is 1. The van der Waals surface area contributed by atoms with E-state index in [4.69, 9.17) is 4.74 Å². The lowest BCUT2D eigenvalue weighted by molar-refractivity contribution is -0.137. The average molecular weight is 464 g/mol. The Bertz CT molecular complexity index is 1130. The van der Waals surface area contributed by atoms with E-state index in [0.29, 0.717) is 22.6 Å². The molecule has 1 N–H and O–H groups in total. The summed E-state index contributed by atoms with van der Waals surface area (Å²) >= 11 is 3.43. The van der Waals surface area contributed by atoms with Gasteiger partial charge in [-0.2, -0.15) is 0 Å². The van der Waals surface area contributed by atoms with Crippen LogP contribution in [0.4, 0.5) is 5.69 Å². The highest BCUT2D eigenvalue weighted by Gasteiger charge is 2.39. The highest BCUT2D eigenvalue weighted by molar-refractivity contribution is 9.10. The lowest BCUT2D eigenvalue weighted by Gasteiger charge is -2.15. The molecule has 0 bridgehead atoms. The van der Waals surface area contributed by atoms with Gasteiger partial charge in [0, 0.05) is 22.6 Å². The van der Waals surface area contributed by atoms with E-state index in [9.17, 15) is 9.59 Å². The number of anilines is 1. The minimum atomic E-state index is -0.373. The SMILES string of the molecule is COc1ccc(C2=C(Nc3cccc(Br)c3)C(=O)N(Cc3ccncc3)C2=O)cc1. The molecule has 2 amide bonds.